The number of aryl methyl sites for hydroxylation is 1. The Morgan fingerprint density at radius 2 is 2.16 bits per heavy atom. The lowest BCUT2D eigenvalue weighted by Gasteiger charge is -2.22. The number of aromatic nitrogens is 2. The summed E-state index contributed by atoms with van der Waals surface area (Å²) in [5.41, 5.74) is 2.37. The monoisotopic (exact) mass is 256 g/mol. The summed E-state index contributed by atoms with van der Waals surface area (Å²) >= 11 is 0. The highest BCUT2D eigenvalue weighted by Crippen LogP contribution is 2.38. The Balaban J connectivity index is 1.98. The normalized spacial score (nSPS) is 23.4. The highest BCUT2D eigenvalue weighted by molar-refractivity contribution is 5.81. The van der Waals surface area contributed by atoms with Crippen molar-refractivity contribution in [1.82, 2.24) is 9.55 Å². The van der Waals surface area contributed by atoms with Crippen molar-refractivity contribution >= 4 is 16.8 Å². The van der Waals surface area contributed by atoms with Gasteiger partial charge in [-0.05, 0) is 30.9 Å². The molecule has 3 heteroatoms. The molecule has 19 heavy (non-hydrogen) atoms. The first-order valence-corrected chi connectivity index (χ1v) is 7.07. The van der Waals surface area contributed by atoms with E-state index in [-0.39, 0.29) is 5.41 Å². The molecule has 1 saturated carbocycles. The molecule has 3 rings (SSSR count). The maximum absolute atomic E-state index is 11.5. The molecule has 0 amide bonds. The minimum Gasteiger partial charge on any atom is -0.328 e. The van der Waals surface area contributed by atoms with E-state index in [4.69, 9.17) is 4.98 Å². The number of carbonyl (C=O) groups is 1. The standard InChI is InChI=1S/C16H20N2O/c1-3-18-14-7-5-4-6-13(14)17-15(18)11-16(2)9-8-12(19)10-16/h4-7H,3,8-11H2,1-2H3. The fraction of sp³-hybridized carbons (Fsp3) is 0.500. The molecule has 0 bridgehead atoms. The summed E-state index contributed by atoms with van der Waals surface area (Å²) in [6.45, 7) is 5.30. The minimum absolute atomic E-state index is 0.103. The van der Waals surface area contributed by atoms with Gasteiger partial charge in [0.15, 0.2) is 0 Å². The van der Waals surface area contributed by atoms with E-state index in [1.165, 1.54) is 5.52 Å². The summed E-state index contributed by atoms with van der Waals surface area (Å²) in [4.78, 5) is 16.3. The van der Waals surface area contributed by atoms with E-state index in [9.17, 15) is 4.79 Å². The summed E-state index contributed by atoms with van der Waals surface area (Å²) < 4.78 is 2.28. The molecule has 3 nitrogen and oxygen atoms in total. The van der Waals surface area contributed by atoms with E-state index < -0.39 is 0 Å². The number of para-hydroxylation sites is 2. The number of carbonyl (C=O) groups excluding carboxylic acids is 1. The van der Waals surface area contributed by atoms with Crippen LogP contribution < -0.4 is 0 Å². The van der Waals surface area contributed by atoms with Crippen molar-refractivity contribution in [3.63, 3.8) is 0 Å². The zero-order valence-electron chi connectivity index (χ0n) is 11.6. The van der Waals surface area contributed by atoms with Crippen LogP contribution in [0.4, 0.5) is 0 Å². The van der Waals surface area contributed by atoms with Crippen LogP contribution in [0.1, 0.15) is 38.9 Å². The van der Waals surface area contributed by atoms with Gasteiger partial charge in [0, 0.05) is 25.8 Å². The second-order valence-corrected chi connectivity index (χ2v) is 5.96. The van der Waals surface area contributed by atoms with Gasteiger partial charge in [-0.3, -0.25) is 4.79 Å². The van der Waals surface area contributed by atoms with Crippen molar-refractivity contribution < 1.29 is 4.79 Å². The third-order valence-corrected chi connectivity index (χ3v) is 4.27. The molecule has 0 N–H and O–H groups in total. The number of ketones is 1. The van der Waals surface area contributed by atoms with Gasteiger partial charge in [0.05, 0.1) is 11.0 Å². The van der Waals surface area contributed by atoms with E-state index in [0.717, 1.165) is 37.1 Å². The first kappa shape index (κ1) is 12.4. The predicted octanol–water partition coefficient (Wildman–Crippen LogP) is 3.36. The Bertz CT molecular complexity index is 629. The summed E-state index contributed by atoms with van der Waals surface area (Å²) in [5, 5.41) is 0. The van der Waals surface area contributed by atoms with Crippen LogP contribution in [0.5, 0.6) is 0 Å². The Labute approximate surface area is 113 Å². The van der Waals surface area contributed by atoms with Crippen LogP contribution in [0.3, 0.4) is 0 Å². The van der Waals surface area contributed by atoms with Gasteiger partial charge in [0.1, 0.15) is 11.6 Å². The van der Waals surface area contributed by atoms with Gasteiger partial charge in [0.25, 0.3) is 0 Å². The van der Waals surface area contributed by atoms with Crippen LogP contribution in [0, 0.1) is 5.41 Å². The smallest absolute Gasteiger partial charge is 0.133 e. The topological polar surface area (TPSA) is 34.9 Å². The lowest BCUT2D eigenvalue weighted by molar-refractivity contribution is -0.117. The van der Waals surface area contributed by atoms with Crippen LogP contribution in [-0.4, -0.2) is 15.3 Å². The van der Waals surface area contributed by atoms with Gasteiger partial charge in [-0.15, -0.1) is 0 Å². The molecule has 1 heterocycles. The van der Waals surface area contributed by atoms with Gasteiger partial charge in [-0.25, -0.2) is 4.98 Å². The number of hydrogen-bond acceptors (Lipinski definition) is 2. The Morgan fingerprint density at radius 1 is 1.37 bits per heavy atom. The Morgan fingerprint density at radius 3 is 2.84 bits per heavy atom. The summed E-state index contributed by atoms with van der Waals surface area (Å²) in [7, 11) is 0. The van der Waals surface area contributed by atoms with Crippen LogP contribution in [0.2, 0.25) is 0 Å². The molecule has 0 radical (unpaired) electrons. The second kappa shape index (κ2) is 4.48. The zero-order chi connectivity index (χ0) is 13.5. The molecule has 1 atom stereocenters. The predicted molar refractivity (Wildman–Crippen MR) is 76.1 cm³/mol. The quantitative estimate of drug-likeness (QED) is 0.844. The minimum atomic E-state index is 0.103. The van der Waals surface area contributed by atoms with Gasteiger partial charge in [0.2, 0.25) is 0 Å². The first-order valence-electron chi connectivity index (χ1n) is 7.07. The average molecular weight is 256 g/mol. The fourth-order valence-corrected chi connectivity index (χ4v) is 3.24. The van der Waals surface area contributed by atoms with Crippen molar-refractivity contribution in [3.8, 4) is 0 Å². The highest BCUT2D eigenvalue weighted by Gasteiger charge is 2.35. The van der Waals surface area contributed by atoms with E-state index in [1.54, 1.807) is 0 Å². The SMILES string of the molecule is CCn1c(CC2(C)CCC(=O)C2)nc2ccccc21. The number of rotatable bonds is 3. The van der Waals surface area contributed by atoms with Gasteiger partial charge >= 0.3 is 0 Å². The van der Waals surface area contributed by atoms with Crippen LogP contribution >= 0.6 is 0 Å². The lowest BCUT2D eigenvalue weighted by Crippen LogP contribution is -2.18. The number of imidazole rings is 1. The Kier molecular flexibility index (Phi) is 2.92. The largest absolute Gasteiger partial charge is 0.328 e. The second-order valence-electron chi connectivity index (χ2n) is 5.96. The fourth-order valence-electron chi connectivity index (χ4n) is 3.24. The highest BCUT2D eigenvalue weighted by atomic mass is 16.1. The third kappa shape index (κ3) is 2.18. The number of nitrogens with zero attached hydrogens (tertiary/aromatic N) is 2. The zero-order valence-corrected chi connectivity index (χ0v) is 11.6. The van der Waals surface area contributed by atoms with Crippen LogP contribution in [0.25, 0.3) is 11.0 Å². The van der Waals surface area contributed by atoms with Crippen LogP contribution in [0.15, 0.2) is 24.3 Å². The number of fused-ring (bicyclic) bond motifs is 1. The van der Waals surface area contributed by atoms with E-state index >= 15 is 0 Å². The molecule has 1 aliphatic carbocycles. The van der Waals surface area contributed by atoms with Crippen molar-refractivity contribution in [2.45, 2.75) is 46.1 Å². The van der Waals surface area contributed by atoms with Crippen molar-refractivity contribution in [2.75, 3.05) is 0 Å². The molecule has 1 aliphatic rings. The third-order valence-electron chi connectivity index (χ3n) is 4.27. The van der Waals surface area contributed by atoms with E-state index in [2.05, 4.69) is 36.6 Å². The molecule has 1 unspecified atom stereocenters. The summed E-state index contributed by atoms with van der Waals surface area (Å²) in [5.74, 6) is 1.53. The number of hydrogen-bond donors (Lipinski definition) is 0. The van der Waals surface area contributed by atoms with Gasteiger partial charge in [-0.2, -0.15) is 0 Å². The number of benzene rings is 1. The molecule has 100 valence electrons. The average Bonchev–Trinajstić information content (AvgIpc) is 2.89. The maximum Gasteiger partial charge on any atom is 0.133 e. The molecule has 2 aromatic rings. The summed E-state index contributed by atoms with van der Waals surface area (Å²) in [6.07, 6.45) is 3.35. The lowest BCUT2D eigenvalue weighted by atomic mass is 9.85. The maximum atomic E-state index is 11.5. The summed E-state index contributed by atoms with van der Waals surface area (Å²) in [6, 6.07) is 8.27. The Hall–Kier alpha value is -1.64. The van der Waals surface area contributed by atoms with E-state index in [1.807, 2.05) is 6.07 Å². The number of Topliss-reactive ketones (excluding diaryl/α,β-unsaturated/α-hetero) is 1. The molecular formula is C16H20N2O. The van der Waals surface area contributed by atoms with Gasteiger partial charge < -0.3 is 4.57 Å². The first-order chi connectivity index (χ1) is 9.11. The van der Waals surface area contributed by atoms with Crippen molar-refractivity contribution in [3.05, 3.63) is 30.1 Å². The van der Waals surface area contributed by atoms with E-state index in [0.29, 0.717) is 12.2 Å². The molecule has 0 saturated heterocycles. The molecule has 1 fully saturated rings. The van der Waals surface area contributed by atoms with Crippen molar-refractivity contribution in [1.29, 1.82) is 0 Å². The van der Waals surface area contributed by atoms with Crippen LogP contribution in [-0.2, 0) is 17.8 Å². The molecular weight excluding hydrogens is 236 g/mol. The molecule has 1 aromatic carbocycles. The molecule has 0 spiro atoms. The molecule has 0 aliphatic heterocycles. The molecule has 1 aromatic heterocycles. The van der Waals surface area contributed by atoms with Crippen molar-refractivity contribution in [2.24, 2.45) is 5.41 Å². The van der Waals surface area contributed by atoms with Gasteiger partial charge in [-0.1, -0.05) is 19.1 Å².